The first kappa shape index (κ1) is 39.1. The van der Waals surface area contributed by atoms with Crippen LogP contribution in [0.25, 0.3) is 22.5 Å². The average Bonchev–Trinajstić information content (AvgIpc) is 4.16. The van der Waals surface area contributed by atoms with E-state index in [9.17, 15) is 19.2 Å². The number of ether oxygens (including phenoxy) is 2. The van der Waals surface area contributed by atoms with Gasteiger partial charge in [-0.25, -0.2) is 19.6 Å². The minimum absolute atomic E-state index is 0.242. The minimum Gasteiger partial charge on any atom is -0.453 e. The van der Waals surface area contributed by atoms with E-state index in [1.807, 2.05) is 101 Å². The topological polar surface area (TPSA) is 187 Å². The number of H-pyrrole nitrogens is 1. The van der Waals surface area contributed by atoms with Crippen LogP contribution in [0.5, 0.6) is 0 Å². The summed E-state index contributed by atoms with van der Waals surface area (Å²) in [7, 11) is 2.54. The zero-order valence-corrected chi connectivity index (χ0v) is 33.6. The molecule has 4 aromatic carbocycles. The van der Waals surface area contributed by atoms with Gasteiger partial charge in [-0.05, 0) is 61.1 Å². The number of carbonyl (C=O) groups excluding carboxylic acids is 4. The number of likely N-dealkylation sites (tertiary alicyclic amines) is 2. The second kappa shape index (κ2) is 16.7. The molecule has 0 bridgehead atoms. The van der Waals surface area contributed by atoms with Crippen molar-refractivity contribution in [1.82, 2.24) is 35.4 Å². The summed E-state index contributed by atoms with van der Waals surface area (Å²) in [5.41, 5.74) is 5.08. The zero-order valence-electron chi connectivity index (χ0n) is 33.6. The third kappa shape index (κ3) is 7.45. The number of benzene rings is 4. The molecule has 6 aromatic rings. The number of methoxy groups -OCH3 is 2. The number of anilines is 3. The number of oxazole rings is 1. The van der Waals surface area contributed by atoms with Gasteiger partial charge < -0.3 is 44.6 Å². The van der Waals surface area contributed by atoms with Crippen LogP contribution in [0.2, 0.25) is 0 Å². The number of hydrogen-bond donors (Lipinski definition) is 4. The van der Waals surface area contributed by atoms with E-state index >= 15 is 0 Å². The quantitative estimate of drug-likeness (QED) is 0.112. The molecule has 5 heterocycles. The summed E-state index contributed by atoms with van der Waals surface area (Å²) < 4.78 is 16.4. The molecule has 0 aliphatic carbocycles. The van der Waals surface area contributed by atoms with E-state index in [1.165, 1.54) is 14.2 Å². The number of rotatable bonds is 10. The smallest absolute Gasteiger partial charge is 0.407 e. The largest absolute Gasteiger partial charge is 0.453 e. The molecule has 61 heavy (non-hydrogen) atoms. The van der Waals surface area contributed by atoms with E-state index in [0.29, 0.717) is 65.7 Å². The molecule has 2 saturated heterocycles. The van der Waals surface area contributed by atoms with Crippen molar-refractivity contribution in [2.75, 3.05) is 37.5 Å². The molecule has 0 saturated carbocycles. The Balaban J connectivity index is 1.01. The van der Waals surface area contributed by atoms with Gasteiger partial charge in [0.1, 0.15) is 29.6 Å². The summed E-state index contributed by atoms with van der Waals surface area (Å²) in [5.74, 6) is 0.926. The van der Waals surface area contributed by atoms with Gasteiger partial charge in [-0.15, -0.1) is 0 Å². The fourth-order valence-electron chi connectivity index (χ4n) is 8.85. The second-order valence-electron chi connectivity index (χ2n) is 15.2. The number of alkyl carbamates (subject to hydrolysis) is 2. The number of para-hydroxylation sites is 3. The summed E-state index contributed by atoms with van der Waals surface area (Å²) in [5, 5.41) is 9.12. The molecule has 0 radical (unpaired) electrons. The minimum atomic E-state index is -0.946. The van der Waals surface area contributed by atoms with Gasteiger partial charge in [0, 0.05) is 13.1 Å². The maximum Gasteiger partial charge on any atom is 0.407 e. The molecule has 3 aliphatic heterocycles. The molecule has 16 heteroatoms. The predicted molar refractivity (Wildman–Crippen MR) is 225 cm³/mol. The van der Waals surface area contributed by atoms with Crippen molar-refractivity contribution < 1.29 is 33.1 Å². The monoisotopic (exact) mass is 823 g/mol. The van der Waals surface area contributed by atoms with Crippen LogP contribution in [0.15, 0.2) is 114 Å². The lowest BCUT2D eigenvalue weighted by Gasteiger charge is -2.36. The van der Waals surface area contributed by atoms with Gasteiger partial charge in [0.2, 0.25) is 17.7 Å². The van der Waals surface area contributed by atoms with Gasteiger partial charge in [-0.2, -0.15) is 0 Å². The summed E-state index contributed by atoms with van der Waals surface area (Å²) in [4.78, 5) is 72.4. The Morgan fingerprint density at radius 2 is 1.38 bits per heavy atom. The summed E-state index contributed by atoms with van der Waals surface area (Å²) >= 11 is 0. The number of nitrogens with one attached hydrogen (secondary N) is 4. The lowest BCUT2D eigenvalue weighted by atomic mass is 10.0. The lowest BCUT2D eigenvalue weighted by molar-refractivity contribution is -0.135. The third-order valence-electron chi connectivity index (χ3n) is 11.7. The first-order chi connectivity index (χ1) is 29.8. The molecule has 2 fully saturated rings. The van der Waals surface area contributed by atoms with E-state index < -0.39 is 30.4 Å². The number of hydrogen-bond acceptors (Lipinski definition) is 11. The van der Waals surface area contributed by atoms with E-state index in [0.717, 1.165) is 29.7 Å². The van der Waals surface area contributed by atoms with Crippen molar-refractivity contribution in [3.8, 4) is 11.5 Å². The molecular formula is C45H45N9O7. The molecule has 3 aliphatic rings. The van der Waals surface area contributed by atoms with Crippen molar-refractivity contribution in [2.45, 2.75) is 56.0 Å². The van der Waals surface area contributed by atoms with Crippen LogP contribution in [0.1, 0.15) is 60.8 Å². The van der Waals surface area contributed by atoms with Crippen LogP contribution in [0.3, 0.4) is 0 Å². The number of fused-ring (bicyclic) bond motifs is 2. The Labute approximate surface area is 351 Å². The molecule has 4 N–H and O–H groups in total. The first-order valence-corrected chi connectivity index (χ1v) is 20.3. The van der Waals surface area contributed by atoms with Crippen LogP contribution in [0.4, 0.5) is 26.8 Å². The van der Waals surface area contributed by atoms with E-state index in [4.69, 9.17) is 23.9 Å². The fourth-order valence-corrected chi connectivity index (χ4v) is 8.85. The maximum atomic E-state index is 14.4. The van der Waals surface area contributed by atoms with Crippen molar-refractivity contribution in [1.29, 1.82) is 0 Å². The fraction of sp³-hybridized carbons (Fsp3) is 0.289. The molecule has 2 aromatic heterocycles. The highest BCUT2D eigenvalue weighted by molar-refractivity contribution is 5.92. The highest BCUT2D eigenvalue weighted by Crippen LogP contribution is 2.45. The number of aromatic nitrogens is 3. The van der Waals surface area contributed by atoms with Crippen LogP contribution >= 0.6 is 0 Å². The number of imidazole rings is 1. The Bertz CT molecular complexity index is 2560. The Hall–Kier alpha value is -7.36. The summed E-state index contributed by atoms with van der Waals surface area (Å²) in [6, 6.07) is 29.3. The van der Waals surface area contributed by atoms with Crippen molar-refractivity contribution in [3.05, 3.63) is 126 Å². The molecule has 0 spiro atoms. The predicted octanol–water partition coefficient (Wildman–Crippen LogP) is 6.96. The van der Waals surface area contributed by atoms with Gasteiger partial charge in [0.25, 0.3) is 5.91 Å². The maximum absolute atomic E-state index is 14.4. The molecule has 1 unspecified atom stereocenters. The number of carbonyl (C=O) groups is 4. The number of amides is 4. The van der Waals surface area contributed by atoms with Crippen LogP contribution < -0.4 is 20.9 Å². The van der Waals surface area contributed by atoms with Gasteiger partial charge in [0.15, 0.2) is 0 Å². The molecule has 4 amide bonds. The molecule has 16 nitrogen and oxygen atoms in total. The molecule has 9 rings (SSSR count). The Kier molecular flexibility index (Phi) is 10.7. The third-order valence-corrected chi connectivity index (χ3v) is 11.7. The molecule has 5 atom stereocenters. The highest BCUT2D eigenvalue weighted by atomic mass is 16.5. The second-order valence-corrected chi connectivity index (χ2v) is 15.2. The van der Waals surface area contributed by atoms with E-state index in [1.54, 1.807) is 23.2 Å². The van der Waals surface area contributed by atoms with Crippen molar-refractivity contribution in [2.24, 2.45) is 0 Å². The zero-order chi connectivity index (χ0) is 42.0. The standard InChI is InChI=1S/C45H45N9O7/c1-59-44(57)50-36(27-14-5-3-6-15-27)42(55)52-24-12-22-33(52)39-47-31-20-11-18-29(38(31)49-39)41-46-26-35(61-41)54-32-21-10-9-19-30(32)48-40(54)34-23-13-25-53(34)43(56)37(51-45(58)60-2)28-16-7-4-8-17-28/h3-11,14-21,26,33-34,36-37,40,48H,12-13,22-25H2,1-2H3,(H,47,49)(H,50,57)(H,51,58)/t33-,34-,36+,37+,40?/m0/s1. The first-order valence-electron chi connectivity index (χ1n) is 20.3. The molecule has 312 valence electrons. The van der Waals surface area contributed by atoms with Crippen LogP contribution in [-0.2, 0) is 19.1 Å². The SMILES string of the molecule is COC(=O)N[C@@H](C(=O)N1CCC[C@H]1c1nc2c(-c3ncc(N4c5ccccc5NC4[C@@H]4CCCN4C(=O)[C@H](NC(=O)OC)c4ccccc4)o3)cccc2[nH]1)c1ccccc1. The Morgan fingerprint density at radius 3 is 2.07 bits per heavy atom. The molecular weight excluding hydrogens is 779 g/mol. The lowest BCUT2D eigenvalue weighted by Crippen LogP contribution is -2.53. The van der Waals surface area contributed by atoms with E-state index in [2.05, 4.69) is 20.9 Å². The normalized spacial score (nSPS) is 19.2. The average molecular weight is 824 g/mol. The van der Waals surface area contributed by atoms with E-state index in [-0.39, 0.29) is 23.9 Å². The van der Waals surface area contributed by atoms with Gasteiger partial charge in [-0.1, -0.05) is 78.9 Å². The number of nitrogens with zero attached hydrogens (tertiary/aromatic N) is 5. The van der Waals surface area contributed by atoms with Gasteiger partial charge in [0.05, 0.1) is 55.0 Å². The van der Waals surface area contributed by atoms with Gasteiger partial charge >= 0.3 is 12.2 Å². The summed E-state index contributed by atoms with van der Waals surface area (Å²) in [6.45, 7) is 0.996. The number of aromatic amines is 1. The Morgan fingerprint density at radius 1 is 0.754 bits per heavy atom. The van der Waals surface area contributed by atoms with Crippen LogP contribution in [0, 0.1) is 0 Å². The summed E-state index contributed by atoms with van der Waals surface area (Å²) in [6.07, 6.45) is 2.77. The highest BCUT2D eigenvalue weighted by Gasteiger charge is 2.45. The van der Waals surface area contributed by atoms with Crippen molar-refractivity contribution >= 4 is 52.3 Å². The van der Waals surface area contributed by atoms with Crippen molar-refractivity contribution in [3.63, 3.8) is 0 Å². The van der Waals surface area contributed by atoms with Gasteiger partial charge in [-0.3, -0.25) is 14.5 Å². The van der Waals surface area contributed by atoms with Crippen LogP contribution in [-0.4, -0.2) is 88.3 Å².